The molecule has 4 heteroatoms. The number of benzene rings is 2. The highest BCUT2D eigenvalue weighted by Gasteiger charge is 2.09. The Bertz CT molecular complexity index is 556. The van der Waals surface area contributed by atoms with E-state index in [0.717, 1.165) is 10.5 Å². The van der Waals surface area contributed by atoms with Gasteiger partial charge in [-0.2, -0.15) is 0 Å². The molecule has 1 unspecified atom stereocenters. The Morgan fingerprint density at radius 2 is 1.80 bits per heavy atom. The maximum atomic E-state index is 12.8. The van der Waals surface area contributed by atoms with E-state index in [9.17, 15) is 9.18 Å². The molecule has 104 valence electrons. The first kappa shape index (κ1) is 14.6. The number of nitrogens with one attached hydrogen (secondary N) is 1. The Balaban J connectivity index is 1.83. The molecule has 2 aromatic rings. The number of amides is 1. The molecule has 0 spiro atoms. The summed E-state index contributed by atoms with van der Waals surface area (Å²) in [6.07, 6.45) is 0. The normalized spacial score (nSPS) is 11.9. The number of halogens is 1. The molecular formula is C16H16FNOS. The molecule has 2 aromatic carbocycles. The van der Waals surface area contributed by atoms with Crippen molar-refractivity contribution < 1.29 is 9.18 Å². The number of carbonyl (C=O) groups excluding carboxylic acids is 1. The Kier molecular flexibility index (Phi) is 5.18. The molecule has 1 atom stereocenters. The van der Waals surface area contributed by atoms with Gasteiger partial charge < -0.3 is 5.32 Å². The van der Waals surface area contributed by atoms with Crippen LogP contribution in [0, 0.1) is 5.82 Å². The fourth-order valence-electron chi connectivity index (χ4n) is 1.78. The molecule has 0 aliphatic carbocycles. The predicted octanol–water partition coefficient (Wildman–Crippen LogP) is 3.80. The molecule has 0 aromatic heterocycles. The van der Waals surface area contributed by atoms with Crippen LogP contribution in [0.1, 0.15) is 18.5 Å². The highest BCUT2D eigenvalue weighted by Crippen LogP contribution is 2.17. The van der Waals surface area contributed by atoms with E-state index in [4.69, 9.17) is 0 Å². The molecule has 2 rings (SSSR count). The van der Waals surface area contributed by atoms with E-state index in [0.29, 0.717) is 5.75 Å². The third-order valence-electron chi connectivity index (χ3n) is 2.86. The van der Waals surface area contributed by atoms with Crippen LogP contribution >= 0.6 is 11.8 Å². The molecule has 0 saturated heterocycles. The van der Waals surface area contributed by atoms with Crippen molar-refractivity contribution in [3.8, 4) is 0 Å². The van der Waals surface area contributed by atoms with Gasteiger partial charge in [0.1, 0.15) is 5.82 Å². The largest absolute Gasteiger partial charge is 0.349 e. The number of rotatable bonds is 5. The second-order valence-electron chi connectivity index (χ2n) is 4.44. The van der Waals surface area contributed by atoms with Gasteiger partial charge in [-0.15, -0.1) is 11.8 Å². The first-order chi connectivity index (χ1) is 9.65. The van der Waals surface area contributed by atoms with Gasteiger partial charge >= 0.3 is 0 Å². The van der Waals surface area contributed by atoms with E-state index in [1.807, 2.05) is 37.3 Å². The van der Waals surface area contributed by atoms with Crippen LogP contribution in [0.25, 0.3) is 0 Å². The molecule has 0 aliphatic heterocycles. The second-order valence-corrected chi connectivity index (χ2v) is 5.49. The van der Waals surface area contributed by atoms with E-state index in [2.05, 4.69) is 5.32 Å². The summed E-state index contributed by atoms with van der Waals surface area (Å²) in [6.45, 7) is 1.89. The molecule has 0 aliphatic rings. The molecule has 2 nitrogen and oxygen atoms in total. The maximum absolute atomic E-state index is 12.8. The minimum Gasteiger partial charge on any atom is -0.349 e. The Hall–Kier alpha value is -1.81. The van der Waals surface area contributed by atoms with Crippen LogP contribution in [0.4, 0.5) is 4.39 Å². The zero-order valence-corrected chi connectivity index (χ0v) is 12.0. The summed E-state index contributed by atoms with van der Waals surface area (Å²) >= 11 is 1.50. The van der Waals surface area contributed by atoms with E-state index in [-0.39, 0.29) is 17.8 Å². The van der Waals surface area contributed by atoms with Gasteiger partial charge in [0.05, 0.1) is 11.8 Å². The monoisotopic (exact) mass is 289 g/mol. The van der Waals surface area contributed by atoms with Gasteiger partial charge in [-0.05, 0) is 36.8 Å². The summed E-state index contributed by atoms with van der Waals surface area (Å²) in [7, 11) is 0. The smallest absolute Gasteiger partial charge is 0.230 e. The lowest BCUT2D eigenvalue weighted by atomic mass is 10.1. The van der Waals surface area contributed by atoms with Crippen molar-refractivity contribution in [1.82, 2.24) is 5.32 Å². The third-order valence-corrected chi connectivity index (χ3v) is 3.87. The minimum atomic E-state index is -0.271. The summed E-state index contributed by atoms with van der Waals surface area (Å²) in [5.41, 5.74) is 0.893. The van der Waals surface area contributed by atoms with Crippen molar-refractivity contribution in [2.24, 2.45) is 0 Å². The number of hydrogen-bond donors (Lipinski definition) is 1. The van der Waals surface area contributed by atoms with Crippen LogP contribution in [0.5, 0.6) is 0 Å². The van der Waals surface area contributed by atoms with Crippen LogP contribution in [0.3, 0.4) is 0 Å². The SMILES string of the molecule is CC(NC(=O)CSc1ccccc1)c1ccc(F)cc1. The quantitative estimate of drug-likeness (QED) is 0.848. The number of thioether (sulfide) groups is 1. The molecule has 0 radical (unpaired) electrons. The van der Waals surface area contributed by atoms with Crippen LogP contribution in [0.15, 0.2) is 59.5 Å². The van der Waals surface area contributed by atoms with Gasteiger partial charge in [-0.25, -0.2) is 4.39 Å². The molecule has 1 N–H and O–H groups in total. The van der Waals surface area contributed by atoms with Crippen molar-refractivity contribution in [2.75, 3.05) is 5.75 Å². The van der Waals surface area contributed by atoms with E-state index < -0.39 is 0 Å². The molecule has 0 fully saturated rings. The third kappa shape index (κ3) is 4.38. The first-order valence-electron chi connectivity index (χ1n) is 6.38. The Morgan fingerprint density at radius 3 is 2.45 bits per heavy atom. The lowest BCUT2D eigenvalue weighted by molar-refractivity contribution is -0.119. The average molecular weight is 289 g/mol. The average Bonchev–Trinajstić information content (AvgIpc) is 2.47. The van der Waals surface area contributed by atoms with Crippen molar-refractivity contribution >= 4 is 17.7 Å². The fourth-order valence-corrected chi connectivity index (χ4v) is 2.51. The van der Waals surface area contributed by atoms with Crippen LogP contribution in [-0.2, 0) is 4.79 Å². The highest BCUT2D eigenvalue weighted by atomic mass is 32.2. The van der Waals surface area contributed by atoms with E-state index in [1.165, 1.54) is 23.9 Å². The molecule has 20 heavy (non-hydrogen) atoms. The van der Waals surface area contributed by atoms with Gasteiger partial charge in [-0.3, -0.25) is 4.79 Å². The fraction of sp³-hybridized carbons (Fsp3) is 0.188. The van der Waals surface area contributed by atoms with Crippen molar-refractivity contribution in [3.63, 3.8) is 0 Å². The minimum absolute atomic E-state index is 0.0318. The number of carbonyl (C=O) groups is 1. The Labute approximate surface area is 122 Å². The van der Waals surface area contributed by atoms with Crippen LogP contribution < -0.4 is 5.32 Å². The van der Waals surface area contributed by atoms with E-state index in [1.54, 1.807) is 12.1 Å². The summed E-state index contributed by atoms with van der Waals surface area (Å²) < 4.78 is 12.8. The standard InChI is InChI=1S/C16H16FNOS/c1-12(13-7-9-14(17)10-8-13)18-16(19)11-20-15-5-3-2-4-6-15/h2-10,12H,11H2,1H3,(H,18,19). The molecule has 0 heterocycles. The van der Waals surface area contributed by atoms with Gasteiger partial charge in [0.25, 0.3) is 0 Å². The molecular weight excluding hydrogens is 273 g/mol. The lowest BCUT2D eigenvalue weighted by Crippen LogP contribution is -2.28. The second kappa shape index (κ2) is 7.10. The highest BCUT2D eigenvalue weighted by molar-refractivity contribution is 8.00. The number of hydrogen-bond acceptors (Lipinski definition) is 2. The van der Waals surface area contributed by atoms with Crippen LogP contribution in [-0.4, -0.2) is 11.7 Å². The molecule has 1 amide bonds. The van der Waals surface area contributed by atoms with Crippen molar-refractivity contribution in [1.29, 1.82) is 0 Å². The van der Waals surface area contributed by atoms with Gasteiger partial charge in [0.2, 0.25) is 5.91 Å². The van der Waals surface area contributed by atoms with Crippen LogP contribution in [0.2, 0.25) is 0 Å². The summed E-state index contributed by atoms with van der Waals surface area (Å²) in [5, 5.41) is 2.90. The Morgan fingerprint density at radius 1 is 1.15 bits per heavy atom. The van der Waals surface area contributed by atoms with E-state index >= 15 is 0 Å². The molecule has 0 saturated carbocycles. The topological polar surface area (TPSA) is 29.1 Å². The summed E-state index contributed by atoms with van der Waals surface area (Å²) in [5.74, 6) is 0.0674. The first-order valence-corrected chi connectivity index (χ1v) is 7.36. The summed E-state index contributed by atoms with van der Waals surface area (Å²) in [4.78, 5) is 12.9. The van der Waals surface area contributed by atoms with Gasteiger partial charge in [-0.1, -0.05) is 30.3 Å². The lowest BCUT2D eigenvalue weighted by Gasteiger charge is -2.14. The molecule has 0 bridgehead atoms. The maximum Gasteiger partial charge on any atom is 0.230 e. The van der Waals surface area contributed by atoms with Crippen molar-refractivity contribution in [2.45, 2.75) is 17.9 Å². The zero-order valence-electron chi connectivity index (χ0n) is 11.2. The van der Waals surface area contributed by atoms with Gasteiger partial charge in [0, 0.05) is 4.90 Å². The van der Waals surface area contributed by atoms with Crippen molar-refractivity contribution in [3.05, 3.63) is 66.0 Å². The van der Waals surface area contributed by atoms with Gasteiger partial charge in [0.15, 0.2) is 0 Å². The predicted molar refractivity (Wildman–Crippen MR) is 80.1 cm³/mol. The summed E-state index contributed by atoms with van der Waals surface area (Å²) in [6, 6.07) is 15.8. The zero-order chi connectivity index (χ0) is 14.4.